The maximum Gasteiger partial charge on any atom is 0.186 e. The Kier molecular flexibility index (Phi) is 8.71. The maximum absolute atomic E-state index is 11.4. The lowest BCUT2D eigenvalue weighted by Crippen LogP contribution is -2.71. The monoisotopic (exact) mass is 654 g/mol. The smallest absolute Gasteiger partial charge is 0.186 e. The summed E-state index contributed by atoms with van der Waals surface area (Å²) in [6, 6.07) is 0. The highest BCUT2D eigenvalue weighted by Gasteiger charge is 2.74. The number of fused-ring (bicyclic) bond motifs is 7. The van der Waals surface area contributed by atoms with Gasteiger partial charge in [-0.25, -0.2) is 0 Å². The van der Waals surface area contributed by atoms with Gasteiger partial charge in [0.25, 0.3) is 0 Å². The molecule has 46 heavy (non-hydrogen) atoms. The van der Waals surface area contributed by atoms with Crippen molar-refractivity contribution >= 4 is 0 Å². The van der Waals surface area contributed by atoms with Gasteiger partial charge < -0.3 is 50.3 Å². The van der Waals surface area contributed by atoms with Crippen LogP contribution in [0.25, 0.3) is 0 Å². The van der Waals surface area contributed by atoms with Crippen LogP contribution < -0.4 is 0 Å². The summed E-state index contributed by atoms with van der Waals surface area (Å²) >= 11 is 0. The van der Waals surface area contributed by atoms with Crippen molar-refractivity contribution in [3.8, 4) is 0 Å². The van der Waals surface area contributed by atoms with E-state index in [2.05, 4.69) is 34.6 Å². The molecule has 0 aromatic carbocycles. The minimum Gasteiger partial charge on any atom is -0.396 e. The van der Waals surface area contributed by atoms with E-state index in [0.29, 0.717) is 25.2 Å². The lowest BCUT2D eigenvalue weighted by Gasteiger charge is -2.74. The third-order valence-corrected chi connectivity index (χ3v) is 15.8. The standard InChI is InChI=1S/C36H62O10/c1-31(2)23(40)10-11-33(5)22-9-8-18-24-25(32(3,4)44)19(39)14-36(24,17-38)13-12-34(18,6)35(22,7)15-20(29(31)33)45-30-28(43)27(42)26(41)21(16-37)46-30/h18-30,37-44H,8-17H2,1-7H3/t18-,19-,20+,21-,22-,23+,24+,25-,26-,27+,28-,29+,30-,33-,34-,35-,36+/m1/s1. The van der Waals surface area contributed by atoms with Crippen LogP contribution in [-0.2, 0) is 9.47 Å². The van der Waals surface area contributed by atoms with Crippen LogP contribution in [0, 0.1) is 56.7 Å². The van der Waals surface area contributed by atoms with Gasteiger partial charge in [0.1, 0.15) is 24.4 Å². The molecule has 6 fully saturated rings. The van der Waals surface area contributed by atoms with Crippen LogP contribution in [-0.4, -0.2) is 109 Å². The van der Waals surface area contributed by atoms with E-state index in [1.165, 1.54) is 0 Å². The summed E-state index contributed by atoms with van der Waals surface area (Å²) in [4.78, 5) is 0. The van der Waals surface area contributed by atoms with Crippen LogP contribution in [0.2, 0.25) is 0 Å². The first-order valence-corrected chi connectivity index (χ1v) is 17.9. The van der Waals surface area contributed by atoms with Gasteiger partial charge in [-0.05, 0) is 116 Å². The molecule has 6 rings (SSSR count). The van der Waals surface area contributed by atoms with Gasteiger partial charge in [-0.3, -0.25) is 0 Å². The summed E-state index contributed by atoms with van der Waals surface area (Å²) < 4.78 is 12.7. The SMILES string of the molecule is CC(C)(O)[C@H]1[C@@H]2[C@H]3CC[C@@H]4[C@@]5(C)CC[C@H](O)C(C)(C)[C@@H]5[C@@H](O[C@@H]5O[C@H](CO)[C@@H](O)[C@H](O)[C@H]5O)C[C@@]4(C)[C@]3(C)CC[C@@]2(CO)C[C@H]1O. The Bertz CT molecular complexity index is 1140. The number of hydrogen-bond acceptors (Lipinski definition) is 10. The molecule has 6 aliphatic rings. The third-order valence-electron chi connectivity index (χ3n) is 15.8. The van der Waals surface area contributed by atoms with E-state index in [-0.39, 0.29) is 46.5 Å². The molecule has 0 aromatic heterocycles. The first kappa shape index (κ1) is 35.4. The summed E-state index contributed by atoms with van der Waals surface area (Å²) in [5.74, 6) is -0.0724. The van der Waals surface area contributed by atoms with Crippen molar-refractivity contribution in [3.63, 3.8) is 0 Å². The van der Waals surface area contributed by atoms with Crippen molar-refractivity contribution in [1.82, 2.24) is 0 Å². The third kappa shape index (κ3) is 4.71. The Labute approximate surface area is 274 Å². The number of rotatable bonds is 5. The Balaban J connectivity index is 1.43. The number of ether oxygens (including phenoxy) is 2. The van der Waals surface area contributed by atoms with Crippen molar-refractivity contribution < 1.29 is 50.3 Å². The highest BCUT2D eigenvalue weighted by molar-refractivity contribution is 5.22. The molecule has 0 bridgehead atoms. The van der Waals surface area contributed by atoms with Crippen LogP contribution in [0.3, 0.4) is 0 Å². The Morgan fingerprint density at radius 1 is 0.804 bits per heavy atom. The van der Waals surface area contributed by atoms with Gasteiger partial charge >= 0.3 is 0 Å². The summed E-state index contributed by atoms with van der Waals surface area (Å²) in [6.45, 7) is 14.3. The summed E-state index contributed by atoms with van der Waals surface area (Å²) in [7, 11) is 0. The molecular weight excluding hydrogens is 592 g/mol. The van der Waals surface area contributed by atoms with Crippen molar-refractivity contribution in [3.05, 3.63) is 0 Å². The Morgan fingerprint density at radius 3 is 2.09 bits per heavy atom. The van der Waals surface area contributed by atoms with E-state index in [1.807, 2.05) is 0 Å². The van der Waals surface area contributed by atoms with Gasteiger partial charge in [-0.2, -0.15) is 0 Å². The fraction of sp³-hybridized carbons (Fsp3) is 1.00. The normalized spacial score (nSPS) is 56.8. The van der Waals surface area contributed by atoms with E-state index in [1.54, 1.807) is 13.8 Å². The van der Waals surface area contributed by atoms with Gasteiger partial charge in [0.2, 0.25) is 0 Å². The molecule has 10 heteroatoms. The number of hydrogen-bond donors (Lipinski definition) is 8. The lowest BCUT2D eigenvalue weighted by molar-refractivity contribution is -0.347. The van der Waals surface area contributed by atoms with Crippen molar-refractivity contribution in [1.29, 1.82) is 0 Å². The number of aliphatic hydroxyl groups excluding tert-OH is 7. The molecule has 0 unspecified atom stereocenters. The molecule has 8 N–H and O–H groups in total. The molecule has 0 amide bonds. The van der Waals surface area contributed by atoms with Gasteiger partial charge in [0.15, 0.2) is 6.29 Å². The van der Waals surface area contributed by atoms with Gasteiger partial charge in [-0.15, -0.1) is 0 Å². The molecule has 5 saturated carbocycles. The molecule has 0 radical (unpaired) electrons. The largest absolute Gasteiger partial charge is 0.396 e. The van der Waals surface area contributed by atoms with Gasteiger partial charge in [0, 0.05) is 12.5 Å². The molecule has 10 nitrogen and oxygen atoms in total. The second-order valence-corrected chi connectivity index (χ2v) is 18.5. The van der Waals surface area contributed by atoms with Gasteiger partial charge in [0.05, 0.1) is 30.5 Å². The minimum absolute atomic E-state index is 0.0112. The summed E-state index contributed by atoms with van der Waals surface area (Å²) in [5.41, 5.74) is -2.82. The average Bonchev–Trinajstić information content (AvgIpc) is 3.28. The molecule has 0 aromatic rings. The number of aliphatic hydroxyl groups is 8. The van der Waals surface area contributed by atoms with Crippen LogP contribution in [0.15, 0.2) is 0 Å². The van der Waals surface area contributed by atoms with Crippen LogP contribution in [0.4, 0.5) is 0 Å². The van der Waals surface area contributed by atoms with E-state index in [4.69, 9.17) is 9.47 Å². The summed E-state index contributed by atoms with van der Waals surface area (Å²) in [6.07, 6.45) is -2.52. The predicted molar refractivity (Wildman–Crippen MR) is 169 cm³/mol. The maximum atomic E-state index is 11.4. The zero-order valence-corrected chi connectivity index (χ0v) is 29.0. The lowest BCUT2D eigenvalue weighted by atomic mass is 9.31. The quantitative estimate of drug-likeness (QED) is 0.204. The highest BCUT2D eigenvalue weighted by atomic mass is 16.7. The zero-order valence-electron chi connectivity index (χ0n) is 29.0. The van der Waals surface area contributed by atoms with Crippen molar-refractivity contribution in [2.24, 2.45) is 56.7 Å². The fourth-order valence-electron chi connectivity index (χ4n) is 13.5. The van der Waals surface area contributed by atoms with E-state index in [9.17, 15) is 40.9 Å². The minimum atomic E-state index is -1.55. The van der Waals surface area contributed by atoms with Crippen LogP contribution >= 0.6 is 0 Å². The second-order valence-electron chi connectivity index (χ2n) is 18.5. The molecule has 1 aliphatic heterocycles. The van der Waals surface area contributed by atoms with E-state index < -0.39 is 72.1 Å². The molecule has 1 saturated heterocycles. The van der Waals surface area contributed by atoms with Crippen LogP contribution in [0.1, 0.15) is 99.8 Å². The Morgan fingerprint density at radius 2 is 1.48 bits per heavy atom. The van der Waals surface area contributed by atoms with E-state index in [0.717, 1.165) is 32.1 Å². The summed E-state index contributed by atoms with van der Waals surface area (Å²) in [5, 5.41) is 87.2. The topological polar surface area (TPSA) is 180 Å². The fourth-order valence-corrected chi connectivity index (χ4v) is 13.5. The second kappa shape index (κ2) is 11.3. The predicted octanol–water partition coefficient (Wildman–Crippen LogP) is 1.96. The molecule has 17 atom stereocenters. The first-order chi connectivity index (χ1) is 21.2. The van der Waals surface area contributed by atoms with Crippen molar-refractivity contribution in [2.75, 3.05) is 13.2 Å². The van der Waals surface area contributed by atoms with E-state index >= 15 is 0 Å². The average molecular weight is 655 g/mol. The molecular formula is C36H62O10. The first-order valence-electron chi connectivity index (χ1n) is 17.9. The Hall–Kier alpha value is -0.400. The molecule has 0 spiro atoms. The zero-order chi connectivity index (χ0) is 34.0. The molecule has 1 heterocycles. The molecule has 266 valence electrons. The molecule has 5 aliphatic carbocycles. The van der Waals surface area contributed by atoms with Crippen molar-refractivity contribution in [2.45, 2.75) is 154 Å². The highest BCUT2D eigenvalue weighted by Crippen LogP contribution is 2.78. The van der Waals surface area contributed by atoms with Crippen LogP contribution in [0.5, 0.6) is 0 Å². The van der Waals surface area contributed by atoms with Gasteiger partial charge in [-0.1, -0.05) is 34.6 Å².